The number of hydrogen-bond acceptors (Lipinski definition) is 4. The molecule has 1 atom stereocenters. The van der Waals surface area contributed by atoms with E-state index in [1.54, 1.807) is 6.92 Å². The van der Waals surface area contributed by atoms with Crippen LogP contribution in [0.4, 0.5) is 0 Å². The minimum Gasteiger partial charge on any atom is -0.466 e. The van der Waals surface area contributed by atoms with E-state index in [-0.39, 0.29) is 18.4 Å². The summed E-state index contributed by atoms with van der Waals surface area (Å²) in [5.41, 5.74) is 0. The zero-order chi connectivity index (χ0) is 21.6. The Morgan fingerprint density at radius 3 is 1.41 bits per heavy atom. The first kappa shape index (κ1) is 27.9. The van der Waals surface area contributed by atoms with Crippen LogP contribution in [-0.2, 0) is 19.1 Å². The van der Waals surface area contributed by atoms with Gasteiger partial charge in [-0.25, -0.2) is 0 Å². The van der Waals surface area contributed by atoms with Gasteiger partial charge >= 0.3 is 11.9 Å². The molecule has 0 aliphatic rings. The minimum absolute atomic E-state index is 0.118. The van der Waals surface area contributed by atoms with Crippen LogP contribution in [-0.4, -0.2) is 25.2 Å². The van der Waals surface area contributed by atoms with Crippen molar-refractivity contribution in [3.05, 3.63) is 0 Å². The molecule has 29 heavy (non-hydrogen) atoms. The summed E-state index contributed by atoms with van der Waals surface area (Å²) in [6.45, 7) is 7.13. The Morgan fingerprint density at radius 2 is 0.966 bits per heavy atom. The molecule has 0 aromatic rings. The first-order chi connectivity index (χ1) is 14.1. The summed E-state index contributed by atoms with van der Waals surface area (Å²) < 4.78 is 10.6. The van der Waals surface area contributed by atoms with E-state index >= 15 is 0 Å². The van der Waals surface area contributed by atoms with Gasteiger partial charge in [0.2, 0.25) is 0 Å². The van der Waals surface area contributed by atoms with Crippen molar-refractivity contribution in [2.75, 3.05) is 13.2 Å². The van der Waals surface area contributed by atoms with E-state index in [2.05, 4.69) is 13.8 Å². The van der Waals surface area contributed by atoms with Crippen molar-refractivity contribution in [3.63, 3.8) is 0 Å². The van der Waals surface area contributed by atoms with Crippen LogP contribution in [0.5, 0.6) is 0 Å². The van der Waals surface area contributed by atoms with Crippen LogP contribution in [0.2, 0.25) is 0 Å². The van der Waals surface area contributed by atoms with Crippen LogP contribution < -0.4 is 0 Å². The number of esters is 2. The molecule has 0 saturated heterocycles. The molecule has 4 heteroatoms. The summed E-state index contributed by atoms with van der Waals surface area (Å²) in [4.78, 5) is 23.8. The normalized spacial score (nSPS) is 12.0. The molecule has 0 saturated carbocycles. The average molecular weight is 413 g/mol. The molecule has 0 aliphatic carbocycles. The van der Waals surface area contributed by atoms with Gasteiger partial charge in [0.1, 0.15) is 0 Å². The van der Waals surface area contributed by atoms with Gasteiger partial charge in [0.25, 0.3) is 0 Å². The molecule has 0 amide bonds. The summed E-state index contributed by atoms with van der Waals surface area (Å²) in [6.07, 6.45) is 19.6. The predicted octanol–water partition coefficient (Wildman–Crippen LogP) is 7.38. The van der Waals surface area contributed by atoms with Gasteiger partial charge in [-0.2, -0.15) is 0 Å². The monoisotopic (exact) mass is 412 g/mol. The zero-order valence-electron chi connectivity index (χ0n) is 19.6. The third-order valence-electron chi connectivity index (χ3n) is 5.38. The number of hydrogen-bond donors (Lipinski definition) is 0. The second-order valence-electron chi connectivity index (χ2n) is 8.44. The van der Waals surface area contributed by atoms with Gasteiger partial charge in [-0.3, -0.25) is 9.59 Å². The maximum absolute atomic E-state index is 12.0. The topological polar surface area (TPSA) is 52.6 Å². The van der Waals surface area contributed by atoms with Crippen LogP contribution in [0.3, 0.4) is 0 Å². The Bertz CT molecular complexity index is 381. The van der Waals surface area contributed by atoms with Crippen LogP contribution in [0, 0.1) is 5.92 Å². The Labute approximate surface area is 180 Å². The molecule has 0 aromatic carbocycles. The molecule has 0 N–H and O–H groups in total. The molecule has 0 fully saturated rings. The van der Waals surface area contributed by atoms with Crippen molar-refractivity contribution < 1.29 is 19.1 Å². The highest BCUT2D eigenvalue weighted by Gasteiger charge is 2.19. The molecule has 4 nitrogen and oxygen atoms in total. The predicted molar refractivity (Wildman–Crippen MR) is 121 cm³/mol. The van der Waals surface area contributed by atoms with Crippen LogP contribution in [0.25, 0.3) is 0 Å². The Hall–Kier alpha value is -1.06. The third kappa shape index (κ3) is 20.0. The second-order valence-corrected chi connectivity index (χ2v) is 8.44. The SMILES string of the molecule is CCCCCCCCCCOC(=O)CC(C)C(=O)OCCCCCCCCCC. The van der Waals surface area contributed by atoms with E-state index in [1.807, 2.05) is 0 Å². The van der Waals surface area contributed by atoms with E-state index in [9.17, 15) is 9.59 Å². The lowest BCUT2D eigenvalue weighted by Gasteiger charge is -2.11. The lowest BCUT2D eigenvalue weighted by molar-refractivity contribution is -0.154. The first-order valence-corrected chi connectivity index (χ1v) is 12.4. The highest BCUT2D eigenvalue weighted by Crippen LogP contribution is 2.11. The fourth-order valence-corrected chi connectivity index (χ4v) is 3.37. The van der Waals surface area contributed by atoms with Crippen molar-refractivity contribution in [2.45, 2.75) is 130 Å². The molecule has 1 unspecified atom stereocenters. The van der Waals surface area contributed by atoms with Crippen molar-refractivity contribution in [3.8, 4) is 0 Å². The molecular weight excluding hydrogens is 364 g/mol. The Balaban J connectivity index is 3.50. The molecular formula is C25H48O4. The van der Waals surface area contributed by atoms with E-state index in [0.717, 1.165) is 25.7 Å². The molecule has 0 bridgehead atoms. The van der Waals surface area contributed by atoms with Crippen molar-refractivity contribution in [1.82, 2.24) is 0 Å². The van der Waals surface area contributed by atoms with Crippen molar-refractivity contribution >= 4 is 11.9 Å². The van der Waals surface area contributed by atoms with Crippen LogP contribution >= 0.6 is 0 Å². The van der Waals surface area contributed by atoms with Gasteiger partial charge in [0.15, 0.2) is 0 Å². The summed E-state index contributed by atoms with van der Waals surface area (Å²) in [5.74, 6) is -0.989. The lowest BCUT2D eigenvalue weighted by Crippen LogP contribution is -2.20. The van der Waals surface area contributed by atoms with Gasteiger partial charge in [-0.15, -0.1) is 0 Å². The van der Waals surface area contributed by atoms with Gasteiger partial charge in [0.05, 0.1) is 25.6 Å². The minimum atomic E-state index is -0.421. The number of carbonyl (C=O) groups excluding carboxylic acids is 2. The van der Waals surface area contributed by atoms with Gasteiger partial charge in [-0.05, 0) is 12.8 Å². The van der Waals surface area contributed by atoms with E-state index in [0.29, 0.717) is 13.2 Å². The first-order valence-electron chi connectivity index (χ1n) is 12.4. The summed E-state index contributed by atoms with van der Waals surface area (Å²) >= 11 is 0. The fourth-order valence-electron chi connectivity index (χ4n) is 3.37. The largest absolute Gasteiger partial charge is 0.466 e. The Morgan fingerprint density at radius 1 is 0.586 bits per heavy atom. The maximum atomic E-state index is 12.0. The highest BCUT2D eigenvalue weighted by atomic mass is 16.5. The Kier molecular flexibility index (Phi) is 20.9. The molecule has 0 heterocycles. The van der Waals surface area contributed by atoms with E-state index in [1.165, 1.54) is 77.0 Å². The standard InChI is InChI=1S/C25H48O4/c1-4-6-8-10-12-14-16-18-20-28-24(26)22-23(3)25(27)29-21-19-17-15-13-11-9-7-5-2/h23H,4-22H2,1-3H3. The number of ether oxygens (including phenoxy) is 2. The summed E-state index contributed by atoms with van der Waals surface area (Å²) in [7, 11) is 0. The lowest BCUT2D eigenvalue weighted by atomic mass is 10.1. The van der Waals surface area contributed by atoms with E-state index < -0.39 is 5.92 Å². The van der Waals surface area contributed by atoms with Crippen molar-refractivity contribution in [2.24, 2.45) is 5.92 Å². The molecule has 0 aliphatic heterocycles. The van der Waals surface area contributed by atoms with E-state index in [4.69, 9.17) is 9.47 Å². The smallest absolute Gasteiger partial charge is 0.309 e. The fraction of sp³-hybridized carbons (Fsp3) is 0.920. The van der Waals surface area contributed by atoms with Crippen molar-refractivity contribution in [1.29, 1.82) is 0 Å². The summed E-state index contributed by atoms with van der Waals surface area (Å²) in [5, 5.41) is 0. The van der Waals surface area contributed by atoms with Crippen LogP contribution in [0.1, 0.15) is 130 Å². The molecule has 0 spiro atoms. The highest BCUT2D eigenvalue weighted by molar-refractivity contribution is 5.79. The summed E-state index contributed by atoms with van der Waals surface area (Å²) in [6, 6.07) is 0. The maximum Gasteiger partial charge on any atom is 0.309 e. The molecule has 172 valence electrons. The van der Waals surface area contributed by atoms with Gasteiger partial charge < -0.3 is 9.47 Å². The number of rotatable bonds is 21. The van der Waals surface area contributed by atoms with Gasteiger partial charge in [0, 0.05) is 0 Å². The average Bonchev–Trinajstić information content (AvgIpc) is 2.71. The third-order valence-corrected chi connectivity index (χ3v) is 5.38. The van der Waals surface area contributed by atoms with Crippen LogP contribution in [0.15, 0.2) is 0 Å². The van der Waals surface area contributed by atoms with Gasteiger partial charge in [-0.1, -0.05) is 111 Å². The quantitative estimate of drug-likeness (QED) is 0.146. The number of carbonyl (C=O) groups is 2. The molecule has 0 aromatic heterocycles. The molecule has 0 rings (SSSR count). The zero-order valence-corrected chi connectivity index (χ0v) is 19.6. The molecule has 0 radical (unpaired) electrons. The second kappa shape index (κ2) is 21.6. The number of unbranched alkanes of at least 4 members (excludes halogenated alkanes) is 14.